The first-order valence-corrected chi connectivity index (χ1v) is 17.1. The number of rotatable bonds is 6. The van der Waals surface area contributed by atoms with Crippen molar-refractivity contribution in [3.63, 3.8) is 0 Å². The molecule has 2 aliphatic heterocycles. The lowest BCUT2D eigenvalue weighted by Crippen LogP contribution is -2.42. The van der Waals surface area contributed by atoms with Gasteiger partial charge in [0.1, 0.15) is 12.2 Å². The first-order chi connectivity index (χ1) is 21.5. The summed E-state index contributed by atoms with van der Waals surface area (Å²) in [6.07, 6.45) is 13.6. The number of benzene rings is 2. The van der Waals surface area contributed by atoms with Crippen LogP contribution in [0.3, 0.4) is 0 Å². The Labute approximate surface area is 298 Å². The summed E-state index contributed by atoms with van der Waals surface area (Å²) in [4.78, 5) is 4.73. The van der Waals surface area contributed by atoms with Crippen LogP contribution in [0, 0.1) is 60.8 Å². The summed E-state index contributed by atoms with van der Waals surface area (Å²) < 4.78 is 67.3. The zero-order valence-electron chi connectivity index (χ0n) is 27.3. The third kappa shape index (κ3) is 10.6. The maximum Gasteiger partial charge on any atom is 0.201 e. The van der Waals surface area contributed by atoms with Gasteiger partial charge in [0.2, 0.25) is 11.6 Å². The molecule has 2 aliphatic carbocycles. The van der Waals surface area contributed by atoms with Crippen molar-refractivity contribution in [2.45, 2.75) is 166 Å². The summed E-state index contributed by atoms with van der Waals surface area (Å²) in [6, 6.07) is 3.37. The van der Waals surface area contributed by atoms with E-state index < -0.39 is 35.5 Å². The summed E-state index contributed by atoms with van der Waals surface area (Å²) in [5, 5.41) is 9.36. The van der Waals surface area contributed by atoms with Crippen molar-refractivity contribution >= 4 is 0 Å². The molecule has 0 spiro atoms. The summed E-state index contributed by atoms with van der Waals surface area (Å²) in [6.45, 7) is 7.71. The first-order valence-electron chi connectivity index (χ1n) is 17.1. The highest BCUT2D eigenvalue weighted by Gasteiger charge is 2.38. The molecule has 3 unspecified atom stereocenters. The van der Waals surface area contributed by atoms with Crippen molar-refractivity contribution in [3.8, 4) is 11.5 Å². The largest absolute Gasteiger partial charge is 0.487 e. The van der Waals surface area contributed by atoms with Crippen molar-refractivity contribution in [2.75, 3.05) is 0 Å². The fraction of sp³-hybridized carbons (Fsp3) is 0.707. The molecule has 0 amide bonds. The highest BCUT2D eigenvalue weighted by atomic mass is 19.2. The van der Waals surface area contributed by atoms with Crippen LogP contribution >= 0.6 is 0 Å². The van der Waals surface area contributed by atoms with Gasteiger partial charge in [-0.05, 0) is 123 Å². The van der Waals surface area contributed by atoms with Crippen molar-refractivity contribution in [2.24, 2.45) is 23.7 Å². The summed E-state index contributed by atoms with van der Waals surface area (Å²) in [7, 11) is 0. The molecule has 2 heterocycles. The Morgan fingerprint density at radius 3 is 1.65 bits per heavy atom. The molecule has 2 fully saturated rings. The summed E-state index contributed by atoms with van der Waals surface area (Å²) in [5.74, 6) is -0.667. The van der Waals surface area contributed by atoms with Crippen LogP contribution in [0.2, 0.25) is 0 Å². The van der Waals surface area contributed by atoms with Gasteiger partial charge in [0.15, 0.2) is 23.1 Å². The van der Waals surface area contributed by atoms with Crippen LogP contribution in [0.15, 0.2) is 12.1 Å². The van der Waals surface area contributed by atoms with E-state index in [1.165, 1.54) is 25.7 Å². The monoisotopic (exact) mass is 703 g/mol. The molecule has 1 N–H and O–H groups in total. The van der Waals surface area contributed by atoms with Gasteiger partial charge < -0.3 is 9.47 Å². The lowest BCUT2D eigenvalue weighted by atomic mass is 9.78. The molecule has 2 aromatic rings. The second kappa shape index (κ2) is 19.9. The van der Waals surface area contributed by atoms with Gasteiger partial charge in [-0.1, -0.05) is 82.1 Å². The van der Waals surface area contributed by atoms with Gasteiger partial charge in [0.05, 0.1) is 6.10 Å². The van der Waals surface area contributed by atoms with Gasteiger partial charge in [0.25, 0.3) is 0 Å². The van der Waals surface area contributed by atoms with E-state index in [0.29, 0.717) is 35.4 Å². The zero-order valence-corrected chi connectivity index (χ0v) is 27.3. The van der Waals surface area contributed by atoms with Crippen LogP contribution in [-0.4, -0.2) is 23.6 Å². The lowest BCUT2D eigenvalue weighted by molar-refractivity contribution is -0.309. The van der Waals surface area contributed by atoms with Crippen molar-refractivity contribution in [1.29, 1.82) is 0 Å². The Kier molecular flexibility index (Phi) is 18.2. The average molecular weight is 703 g/mol. The normalized spacial score (nSPS) is 26.1. The highest BCUT2D eigenvalue weighted by molar-refractivity contribution is 5.42. The van der Waals surface area contributed by atoms with E-state index in [-0.39, 0.29) is 56.1 Å². The first kappa shape index (κ1) is 44.7. The van der Waals surface area contributed by atoms with Gasteiger partial charge >= 0.3 is 0 Å². The van der Waals surface area contributed by atoms with E-state index in [4.69, 9.17) is 14.4 Å². The molecule has 286 valence electrons. The summed E-state index contributed by atoms with van der Waals surface area (Å²) in [5.41, 5.74) is 2.17. The third-order valence-electron chi connectivity index (χ3n) is 10.9. The molecule has 3 atom stereocenters. The van der Waals surface area contributed by atoms with E-state index in [9.17, 15) is 22.8 Å². The minimum absolute atomic E-state index is 0. The molecule has 0 saturated heterocycles. The standard InChI is InChI=1S/C19H26F2O.C18H24F2O3.4CH4.2H2/c1-12-3-5-14(6-4-12)7-9-16-10-8-15-11-13(2)17(20)18(21)19(15)22-16;1-10-3-5-12(6-4-10)17(23-21)14-8-7-13-9-11(2)15(19)16(20)18(13)22-14;;;;;;/h11-12,14,16H,3-10H2,1-2H3;9-10,12,14,17,21H,3-8H2,1-2H3;4*1H4;2*1H. The second-order valence-electron chi connectivity index (χ2n) is 14.4. The molecule has 2 saturated carbocycles. The van der Waals surface area contributed by atoms with Crippen LogP contribution in [0.25, 0.3) is 0 Å². The van der Waals surface area contributed by atoms with Crippen molar-refractivity contribution < 1.29 is 40.0 Å². The Hall–Kier alpha value is -2.32. The molecule has 4 aliphatic rings. The lowest BCUT2D eigenvalue weighted by Gasteiger charge is -2.37. The predicted octanol–water partition coefficient (Wildman–Crippen LogP) is 13.3. The van der Waals surface area contributed by atoms with E-state index in [1.807, 2.05) is 0 Å². The molecule has 2 aromatic carbocycles. The number of halogens is 4. The fourth-order valence-electron chi connectivity index (χ4n) is 7.83. The predicted molar refractivity (Wildman–Crippen MR) is 198 cm³/mol. The zero-order chi connectivity index (χ0) is 32.2. The average Bonchev–Trinajstić information content (AvgIpc) is 3.04. The van der Waals surface area contributed by atoms with Crippen molar-refractivity contribution in [3.05, 3.63) is 57.7 Å². The smallest absolute Gasteiger partial charge is 0.201 e. The highest BCUT2D eigenvalue weighted by Crippen LogP contribution is 2.40. The van der Waals surface area contributed by atoms with Gasteiger partial charge in [-0.2, -0.15) is 8.78 Å². The molecular formula is C41H70F4O4. The SMILES string of the molecule is C.C.C.C.Cc1cc2c(c(F)c1F)OC(C(OO)C1CCC(C)CC1)CC2.Cc1cc2c(c(F)c1F)OC(CCC1CCC(C)CC1)CC2.[HH].[HH]. The number of hydrogen-bond acceptors (Lipinski definition) is 4. The summed E-state index contributed by atoms with van der Waals surface area (Å²) >= 11 is 0. The van der Waals surface area contributed by atoms with E-state index in [1.54, 1.807) is 26.0 Å². The van der Waals surface area contributed by atoms with Crippen LogP contribution in [0.4, 0.5) is 17.6 Å². The molecule has 0 aromatic heterocycles. The van der Waals surface area contributed by atoms with Crippen LogP contribution in [-0.2, 0) is 17.7 Å². The second-order valence-corrected chi connectivity index (χ2v) is 14.4. The van der Waals surface area contributed by atoms with Crippen molar-refractivity contribution in [1.82, 2.24) is 0 Å². The number of hydrogen-bond donors (Lipinski definition) is 1. The van der Waals surface area contributed by atoms with Crippen LogP contribution < -0.4 is 9.47 Å². The van der Waals surface area contributed by atoms with E-state index in [0.717, 1.165) is 68.8 Å². The Morgan fingerprint density at radius 1 is 0.673 bits per heavy atom. The van der Waals surface area contributed by atoms with Crippen LogP contribution in [0.1, 0.15) is 146 Å². The topological polar surface area (TPSA) is 47.9 Å². The van der Waals surface area contributed by atoms with Crippen LogP contribution in [0.5, 0.6) is 11.5 Å². The van der Waals surface area contributed by atoms with Gasteiger partial charge in [-0.25, -0.2) is 13.7 Å². The minimum atomic E-state index is -0.932. The fourth-order valence-corrected chi connectivity index (χ4v) is 7.83. The minimum Gasteiger partial charge on any atom is -0.487 e. The molecule has 6 rings (SSSR count). The maximum absolute atomic E-state index is 14.2. The van der Waals surface area contributed by atoms with Gasteiger partial charge in [-0.3, -0.25) is 5.26 Å². The van der Waals surface area contributed by atoms with Gasteiger partial charge in [-0.15, -0.1) is 0 Å². The number of fused-ring (bicyclic) bond motifs is 2. The molecular weight excluding hydrogens is 632 g/mol. The Balaban J connectivity index is 0. The number of ether oxygens (including phenoxy) is 2. The molecule has 0 radical (unpaired) electrons. The van der Waals surface area contributed by atoms with Gasteiger partial charge in [0, 0.05) is 2.85 Å². The molecule has 49 heavy (non-hydrogen) atoms. The molecule has 4 nitrogen and oxygen atoms in total. The Bertz CT molecular complexity index is 1310. The van der Waals surface area contributed by atoms with E-state index >= 15 is 0 Å². The number of aryl methyl sites for hydroxylation is 4. The van der Waals surface area contributed by atoms with E-state index in [2.05, 4.69) is 13.8 Å². The third-order valence-corrected chi connectivity index (χ3v) is 10.9. The maximum atomic E-state index is 14.2. The molecule has 0 bridgehead atoms. The Morgan fingerprint density at radius 2 is 1.14 bits per heavy atom. The molecule has 8 heteroatoms. The quantitative estimate of drug-likeness (QED) is 0.185.